The third-order valence-corrected chi connectivity index (χ3v) is 3.12. The second-order valence-electron chi connectivity index (χ2n) is 2.14. The molecule has 10 heavy (non-hydrogen) atoms. The molecule has 0 aromatic heterocycles. The zero-order valence-corrected chi connectivity index (χ0v) is 7.69. The van der Waals surface area contributed by atoms with Gasteiger partial charge in [0.15, 0.2) is 0 Å². The third-order valence-electron chi connectivity index (χ3n) is 1.26. The van der Waals surface area contributed by atoms with Gasteiger partial charge in [0.05, 0.1) is 6.17 Å². The van der Waals surface area contributed by atoms with E-state index in [1.54, 1.807) is 14.2 Å². The molecule has 0 aromatic carbocycles. The van der Waals surface area contributed by atoms with Crippen LogP contribution in [0.4, 0.5) is 0 Å². The summed E-state index contributed by atoms with van der Waals surface area (Å²) in [5.41, 5.74) is 10.7. The van der Waals surface area contributed by atoms with Crippen LogP contribution in [0.1, 0.15) is 6.42 Å². The highest BCUT2D eigenvalue weighted by atomic mass is 28.3. The molecule has 0 atom stereocenters. The van der Waals surface area contributed by atoms with E-state index in [1.165, 1.54) is 0 Å². The predicted octanol–water partition coefficient (Wildman–Crippen LogP) is -0.867. The van der Waals surface area contributed by atoms with Gasteiger partial charge in [-0.15, -0.1) is 0 Å². The molecule has 0 radical (unpaired) electrons. The van der Waals surface area contributed by atoms with Gasteiger partial charge in [0, 0.05) is 14.2 Å². The van der Waals surface area contributed by atoms with Crippen molar-refractivity contribution in [1.29, 1.82) is 0 Å². The van der Waals surface area contributed by atoms with E-state index >= 15 is 0 Å². The second-order valence-corrected chi connectivity index (χ2v) is 4.52. The monoisotopic (exact) mass is 164 g/mol. The average Bonchev–Trinajstić information content (AvgIpc) is 1.90. The Balaban J connectivity index is 3.26. The van der Waals surface area contributed by atoms with E-state index < -0.39 is 9.28 Å². The lowest BCUT2D eigenvalue weighted by molar-refractivity contribution is 0.275. The lowest BCUT2D eigenvalue weighted by Crippen LogP contribution is -2.32. The highest BCUT2D eigenvalue weighted by molar-refractivity contribution is 6.44. The van der Waals surface area contributed by atoms with Crippen LogP contribution in [0.15, 0.2) is 0 Å². The van der Waals surface area contributed by atoms with Crippen LogP contribution in [-0.4, -0.2) is 29.7 Å². The molecule has 0 bridgehead atoms. The Morgan fingerprint density at radius 2 is 1.80 bits per heavy atom. The normalized spacial score (nSPS) is 11.4. The Morgan fingerprint density at radius 1 is 1.30 bits per heavy atom. The molecule has 5 heteroatoms. The Hall–Kier alpha value is 0.0569. The van der Waals surface area contributed by atoms with Gasteiger partial charge in [-0.2, -0.15) is 0 Å². The summed E-state index contributed by atoms with van der Waals surface area (Å²) < 4.78 is 10.1. The van der Waals surface area contributed by atoms with Crippen LogP contribution < -0.4 is 11.5 Å². The van der Waals surface area contributed by atoms with Gasteiger partial charge in [-0.1, -0.05) is 0 Å². The van der Waals surface area contributed by atoms with Crippen molar-refractivity contribution >= 4 is 9.28 Å². The van der Waals surface area contributed by atoms with E-state index in [2.05, 4.69) is 0 Å². The summed E-state index contributed by atoms with van der Waals surface area (Å²) in [6.07, 6.45) is 0.541. The van der Waals surface area contributed by atoms with Crippen molar-refractivity contribution in [3.05, 3.63) is 0 Å². The first-order chi connectivity index (χ1) is 4.70. The first-order valence-corrected chi connectivity index (χ1v) is 5.03. The molecule has 4 nitrogen and oxygen atoms in total. The quantitative estimate of drug-likeness (QED) is 0.409. The van der Waals surface area contributed by atoms with E-state index in [4.69, 9.17) is 20.3 Å². The molecular formula is C5H16N2O2Si. The number of hydrogen-bond donors (Lipinski definition) is 2. The zero-order valence-electron chi connectivity index (χ0n) is 6.54. The van der Waals surface area contributed by atoms with Crippen LogP contribution in [0.2, 0.25) is 6.04 Å². The summed E-state index contributed by atoms with van der Waals surface area (Å²) in [5.74, 6) is 0. The van der Waals surface area contributed by atoms with E-state index in [9.17, 15) is 0 Å². The maximum Gasteiger partial charge on any atom is 0.320 e. The van der Waals surface area contributed by atoms with Crippen molar-refractivity contribution in [1.82, 2.24) is 0 Å². The van der Waals surface area contributed by atoms with Gasteiger partial charge in [0.2, 0.25) is 0 Å². The van der Waals surface area contributed by atoms with Crippen molar-refractivity contribution in [3.8, 4) is 0 Å². The van der Waals surface area contributed by atoms with Crippen LogP contribution in [0, 0.1) is 0 Å². The molecule has 0 amide bonds. The molecule has 4 N–H and O–H groups in total. The molecule has 0 aromatic rings. The molecule has 0 spiro atoms. The SMILES string of the molecule is CO[SiH](CCC(N)N)OC. The molecule has 0 aliphatic heterocycles. The van der Waals surface area contributed by atoms with Crippen LogP contribution in [0.5, 0.6) is 0 Å². The molecule has 0 heterocycles. The molecule has 0 fully saturated rings. The third kappa shape index (κ3) is 4.89. The van der Waals surface area contributed by atoms with E-state index in [0.29, 0.717) is 0 Å². The van der Waals surface area contributed by atoms with Crippen molar-refractivity contribution in [2.45, 2.75) is 18.6 Å². The largest absolute Gasteiger partial charge is 0.400 e. The topological polar surface area (TPSA) is 70.5 Å². The minimum Gasteiger partial charge on any atom is -0.400 e. The van der Waals surface area contributed by atoms with Gasteiger partial charge < -0.3 is 20.3 Å². The molecule has 62 valence electrons. The zero-order chi connectivity index (χ0) is 7.98. The highest BCUT2D eigenvalue weighted by Gasteiger charge is 2.09. The van der Waals surface area contributed by atoms with E-state index in [1.807, 2.05) is 0 Å². The minimum absolute atomic E-state index is 0.236. The van der Waals surface area contributed by atoms with Crippen molar-refractivity contribution in [2.75, 3.05) is 14.2 Å². The highest BCUT2D eigenvalue weighted by Crippen LogP contribution is 1.98. The first-order valence-electron chi connectivity index (χ1n) is 3.27. The standard InChI is InChI=1S/C5H16N2O2Si/c1-8-10(9-2)4-3-5(6)7/h5,10H,3-4,6-7H2,1-2H3. The van der Waals surface area contributed by atoms with E-state index in [-0.39, 0.29) is 6.17 Å². The van der Waals surface area contributed by atoms with Crippen molar-refractivity contribution in [3.63, 3.8) is 0 Å². The molecule has 0 saturated carbocycles. The van der Waals surface area contributed by atoms with Gasteiger partial charge in [-0.25, -0.2) is 0 Å². The maximum absolute atomic E-state index is 5.34. The Kier molecular flexibility index (Phi) is 5.85. The van der Waals surface area contributed by atoms with Crippen molar-refractivity contribution < 1.29 is 8.85 Å². The average molecular weight is 164 g/mol. The molecule has 0 rings (SSSR count). The Labute approximate surface area is 63.3 Å². The van der Waals surface area contributed by atoms with Crippen LogP contribution in [0.25, 0.3) is 0 Å². The second kappa shape index (κ2) is 5.81. The van der Waals surface area contributed by atoms with Crippen LogP contribution >= 0.6 is 0 Å². The van der Waals surface area contributed by atoms with Gasteiger partial charge in [0.25, 0.3) is 0 Å². The lowest BCUT2D eigenvalue weighted by Gasteiger charge is -2.11. The fraction of sp³-hybridized carbons (Fsp3) is 1.00. The molecule has 0 saturated heterocycles. The summed E-state index contributed by atoms with van der Waals surface area (Å²) in [5, 5.41) is 0. The summed E-state index contributed by atoms with van der Waals surface area (Å²) in [7, 11) is 1.90. The van der Waals surface area contributed by atoms with Crippen LogP contribution in [0.3, 0.4) is 0 Å². The van der Waals surface area contributed by atoms with Gasteiger partial charge >= 0.3 is 9.28 Å². The summed E-state index contributed by atoms with van der Waals surface area (Å²) in [6, 6.07) is 0.880. The molecule has 0 aliphatic rings. The summed E-state index contributed by atoms with van der Waals surface area (Å²) in [6.45, 7) is 0. The summed E-state index contributed by atoms with van der Waals surface area (Å²) >= 11 is 0. The number of rotatable bonds is 5. The maximum atomic E-state index is 5.34. The predicted molar refractivity (Wildman–Crippen MR) is 42.8 cm³/mol. The van der Waals surface area contributed by atoms with Crippen molar-refractivity contribution in [2.24, 2.45) is 11.5 Å². The van der Waals surface area contributed by atoms with Gasteiger partial charge in [-0.3, -0.25) is 0 Å². The molecule has 0 unspecified atom stereocenters. The Bertz CT molecular complexity index is 78.0. The smallest absolute Gasteiger partial charge is 0.320 e. The minimum atomic E-state index is -1.41. The first kappa shape index (κ1) is 10.1. The van der Waals surface area contributed by atoms with Gasteiger partial charge in [0.1, 0.15) is 0 Å². The van der Waals surface area contributed by atoms with E-state index in [0.717, 1.165) is 12.5 Å². The number of hydrogen-bond acceptors (Lipinski definition) is 4. The summed E-state index contributed by atoms with van der Waals surface area (Å²) in [4.78, 5) is 0. The Morgan fingerprint density at radius 3 is 2.10 bits per heavy atom. The fourth-order valence-corrected chi connectivity index (χ4v) is 1.98. The fourth-order valence-electron chi connectivity index (χ4n) is 0.660. The van der Waals surface area contributed by atoms with Gasteiger partial charge in [-0.05, 0) is 12.5 Å². The van der Waals surface area contributed by atoms with Crippen LogP contribution in [-0.2, 0) is 8.85 Å². The lowest BCUT2D eigenvalue weighted by atomic mass is 10.4. The number of nitrogens with two attached hydrogens (primary N) is 2. The molecule has 0 aliphatic carbocycles. The molecular weight excluding hydrogens is 148 g/mol.